The molecule has 2 heterocycles. The lowest BCUT2D eigenvalue weighted by molar-refractivity contribution is -0.139. The largest absolute Gasteiger partial charge is 0.405 e. The Kier molecular flexibility index (Phi) is 5.12. The molecule has 1 aliphatic heterocycles. The lowest BCUT2D eigenvalue weighted by Crippen LogP contribution is -2.39. The zero-order chi connectivity index (χ0) is 19.8. The van der Waals surface area contributed by atoms with Gasteiger partial charge in [-0.05, 0) is 37.8 Å². The Morgan fingerprint density at radius 1 is 1.33 bits per heavy atom. The van der Waals surface area contributed by atoms with Gasteiger partial charge in [0.2, 0.25) is 5.91 Å². The standard InChI is InChI=1S/C18H21F3N4O2/c1-11-5-6-12(2)13(8-11)9-25-17(27)24-7-3-4-14(15(24)23-25)16(26)22-10-18(19,20)21/h5-6,8,14H,3-4,7,9-10H2,1-2H3,(H,22,26). The second-order valence-corrected chi connectivity index (χ2v) is 6.91. The number of halogens is 3. The summed E-state index contributed by atoms with van der Waals surface area (Å²) in [7, 11) is 0. The zero-order valence-electron chi connectivity index (χ0n) is 15.1. The van der Waals surface area contributed by atoms with Gasteiger partial charge in [-0.3, -0.25) is 9.36 Å². The van der Waals surface area contributed by atoms with Crippen LogP contribution in [-0.2, 0) is 17.9 Å². The summed E-state index contributed by atoms with van der Waals surface area (Å²) in [4.78, 5) is 24.9. The highest BCUT2D eigenvalue weighted by molar-refractivity contribution is 5.82. The van der Waals surface area contributed by atoms with Gasteiger partial charge in [0.15, 0.2) is 0 Å². The molecule has 146 valence electrons. The molecule has 2 aromatic rings. The summed E-state index contributed by atoms with van der Waals surface area (Å²) in [5.74, 6) is -1.37. The van der Waals surface area contributed by atoms with Crippen LogP contribution in [0.2, 0.25) is 0 Å². The van der Waals surface area contributed by atoms with Crippen molar-refractivity contribution < 1.29 is 18.0 Å². The quantitative estimate of drug-likeness (QED) is 0.882. The van der Waals surface area contributed by atoms with Crippen molar-refractivity contribution in [2.24, 2.45) is 0 Å². The van der Waals surface area contributed by atoms with E-state index in [4.69, 9.17) is 0 Å². The number of benzene rings is 1. The Morgan fingerprint density at radius 3 is 2.78 bits per heavy atom. The van der Waals surface area contributed by atoms with Gasteiger partial charge in [0.05, 0.1) is 12.5 Å². The fraction of sp³-hybridized carbons (Fsp3) is 0.500. The van der Waals surface area contributed by atoms with Crippen molar-refractivity contribution in [3.63, 3.8) is 0 Å². The molecule has 27 heavy (non-hydrogen) atoms. The van der Waals surface area contributed by atoms with E-state index >= 15 is 0 Å². The molecule has 0 fully saturated rings. The van der Waals surface area contributed by atoms with E-state index in [0.29, 0.717) is 19.4 Å². The van der Waals surface area contributed by atoms with Crippen LogP contribution in [-0.4, -0.2) is 33.0 Å². The van der Waals surface area contributed by atoms with Gasteiger partial charge < -0.3 is 5.32 Å². The molecule has 0 radical (unpaired) electrons. The Hall–Kier alpha value is -2.58. The van der Waals surface area contributed by atoms with E-state index in [1.54, 1.807) is 0 Å². The molecule has 1 N–H and O–H groups in total. The van der Waals surface area contributed by atoms with Crippen LogP contribution < -0.4 is 11.0 Å². The average molecular weight is 382 g/mol. The molecule has 0 saturated carbocycles. The van der Waals surface area contributed by atoms with Crippen LogP contribution in [0.15, 0.2) is 23.0 Å². The van der Waals surface area contributed by atoms with Gasteiger partial charge in [-0.2, -0.15) is 18.3 Å². The smallest absolute Gasteiger partial charge is 0.346 e. The summed E-state index contributed by atoms with van der Waals surface area (Å²) in [6, 6.07) is 5.90. The summed E-state index contributed by atoms with van der Waals surface area (Å²) in [6.45, 7) is 3.15. The summed E-state index contributed by atoms with van der Waals surface area (Å²) in [5.41, 5.74) is 2.65. The number of hydrogen-bond donors (Lipinski definition) is 1. The van der Waals surface area contributed by atoms with Crippen LogP contribution in [0, 0.1) is 13.8 Å². The van der Waals surface area contributed by atoms with Crippen molar-refractivity contribution in [2.45, 2.75) is 51.9 Å². The molecule has 1 aromatic heterocycles. The van der Waals surface area contributed by atoms with Crippen LogP contribution in [0.3, 0.4) is 0 Å². The Balaban J connectivity index is 1.87. The molecule has 0 aliphatic carbocycles. The molecule has 1 amide bonds. The number of carbonyl (C=O) groups is 1. The number of rotatable bonds is 4. The molecule has 3 rings (SSSR count). The van der Waals surface area contributed by atoms with Gasteiger partial charge >= 0.3 is 11.9 Å². The first-order chi connectivity index (χ1) is 12.7. The predicted molar refractivity (Wildman–Crippen MR) is 92.5 cm³/mol. The highest BCUT2D eigenvalue weighted by Crippen LogP contribution is 2.25. The van der Waals surface area contributed by atoms with Gasteiger partial charge in [0, 0.05) is 6.54 Å². The van der Waals surface area contributed by atoms with Crippen LogP contribution >= 0.6 is 0 Å². The van der Waals surface area contributed by atoms with Crippen LogP contribution in [0.25, 0.3) is 0 Å². The molecule has 1 aromatic carbocycles. The monoisotopic (exact) mass is 382 g/mol. The Morgan fingerprint density at radius 2 is 2.07 bits per heavy atom. The maximum absolute atomic E-state index is 12.7. The molecule has 0 spiro atoms. The minimum absolute atomic E-state index is 0.233. The molecule has 9 heteroatoms. The Labute approximate surface area is 154 Å². The summed E-state index contributed by atoms with van der Waals surface area (Å²) >= 11 is 0. The minimum Gasteiger partial charge on any atom is -0.346 e. The molecule has 0 saturated heterocycles. The first-order valence-electron chi connectivity index (χ1n) is 8.74. The van der Waals surface area contributed by atoms with Crippen molar-refractivity contribution in [2.75, 3.05) is 6.54 Å². The van der Waals surface area contributed by atoms with Crippen molar-refractivity contribution in [1.29, 1.82) is 0 Å². The average Bonchev–Trinajstić information content (AvgIpc) is 2.91. The first-order valence-corrected chi connectivity index (χ1v) is 8.74. The fourth-order valence-corrected chi connectivity index (χ4v) is 3.30. The number of alkyl halides is 3. The fourth-order valence-electron chi connectivity index (χ4n) is 3.30. The summed E-state index contributed by atoms with van der Waals surface area (Å²) in [5, 5.41) is 6.19. The van der Waals surface area contributed by atoms with E-state index in [1.165, 1.54) is 9.25 Å². The van der Waals surface area contributed by atoms with Gasteiger partial charge in [0.1, 0.15) is 12.4 Å². The third kappa shape index (κ3) is 4.23. The molecule has 1 unspecified atom stereocenters. The van der Waals surface area contributed by atoms with E-state index < -0.39 is 24.5 Å². The van der Waals surface area contributed by atoms with Crippen molar-refractivity contribution in [3.05, 3.63) is 51.2 Å². The molecule has 1 aliphatic rings. The van der Waals surface area contributed by atoms with Gasteiger partial charge in [-0.15, -0.1) is 0 Å². The number of amides is 1. The van der Waals surface area contributed by atoms with E-state index in [-0.39, 0.29) is 18.1 Å². The zero-order valence-corrected chi connectivity index (χ0v) is 15.1. The second kappa shape index (κ2) is 7.21. The number of aromatic nitrogens is 3. The maximum Gasteiger partial charge on any atom is 0.405 e. The summed E-state index contributed by atoms with van der Waals surface area (Å²) < 4.78 is 39.8. The van der Waals surface area contributed by atoms with Gasteiger partial charge in [0.25, 0.3) is 0 Å². The second-order valence-electron chi connectivity index (χ2n) is 6.91. The van der Waals surface area contributed by atoms with Crippen LogP contribution in [0.5, 0.6) is 0 Å². The topological polar surface area (TPSA) is 68.9 Å². The van der Waals surface area contributed by atoms with Crippen molar-refractivity contribution in [3.8, 4) is 0 Å². The lowest BCUT2D eigenvalue weighted by Gasteiger charge is -2.21. The van der Waals surface area contributed by atoms with Crippen molar-refractivity contribution in [1.82, 2.24) is 19.7 Å². The SMILES string of the molecule is Cc1ccc(C)c(Cn2nc3n(c2=O)CCCC3C(=O)NCC(F)(F)F)c1. The van der Waals surface area contributed by atoms with Crippen LogP contribution in [0.1, 0.15) is 41.3 Å². The molecule has 1 atom stereocenters. The number of fused-ring (bicyclic) bond motifs is 1. The third-order valence-electron chi connectivity index (χ3n) is 4.74. The predicted octanol–water partition coefficient (Wildman–Crippen LogP) is 2.27. The highest BCUT2D eigenvalue weighted by atomic mass is 19.4. The number of carbonyl (C=O) groups excluding carboxylic acids is 1. The normalized spacial score (nSPS) is 16.9. The maximum atomic E-state index is 12.7. The lowest BCUT2D eigenvalue weighted by atomic mass is 9.98. The van der Waals surface area contributed by atoms with Crippen molar-refractivity contribution >= 4 is 5.91 Å². The van der Waals surface area contributed by atoms with Gasteiger partial charge in [-0.1, -0.05) is 23.8 Å². The van der Waals surface area contributed by atoms with E-state index in [1.807, 2.05) is 37.4 Å². The van der Waals surface area contributed by atoms with E-state index in [2.05, 4.69) is 5.10 Å². The number of nitrogens with one attached hydrogen (secondary N) is 1. The van der Waals surface area contributed by atoms with Crippen LogP contribution in [0.4, 0.5) is 13.2 Å². The molecular formula is C18H21F3N4O2. The number of nitrogens with zero attached hydrogens (tertiary/aromatic N) is 3. The third-order valence-corrected chi connectivity index (χ3v) is 4.74. The minimum atomic E-state index is -4.48. The van der Waals surface area contributed by atoms with Gasteiger partial charge in [-0.25, -0.2) is 9.48 Å². The summed E-state index contributed by atoms with van der Waals surface area (Å²) in [6.07, 6.45) is -3.58. The number of hydrogen-bond acceptors (Lipinski definition) is 3. The Bertz CT molecular complexity index is 914. The molecule has 6 nitrogen and oxygen atoms in total. The molecule has 0 bridgehead atoms. The molecular weight excluding hydrogens is 361 g/mol. The highest BCUT2D eigenvalue weighted by Gasteiger charge is 2.34. The van der Waals surface area contributed by atoms with E-state index in [0.717, 1.165) is 16.7 Å². The van der Waals surface area contributed by atoms with E-state index in [9.17, 15) is 22.8 Å². The number of aryl methyl sites for hydroxylation is 2. The first kappa shape index (κ1) is 19.2.